The summed E-state index contributed by atoms with van der Waals surface area (Å²) in [5.41, 5.74) is 5.95. The number of pyridine rings is 1. The van der Waals surface area contributed by atoms with Crippen LogP contribution in [0.5, 0.6) is 0 Å². The van der Waals surface area contributed by atoms with Gasteiger partial charge >= 0.3 is 6.18 Å². The van der Waals surface area contributed by atoms with Crippen molar-refractivity contribution < 1.29 is 13.2 Å². The molecule has 2 aromatic heterocycles. The second kappa shape index (κ2) is 9.31. The molecule has 0 unspecified atom stereocenters. The Hall–Kier alpha value is -2.85. The summed E-state index contributed by atoms with van der Waals surface area (Å²) >= 11 is 6.14. The number of nitrogens with one attached hydrogen (secondary N) is 1. The van der Waals surface area contributed by atoms with Gasteiger partial charge in [0.25, 0.3) is 0 Å². The second-order valence-electron chi connectivity index (χ2n) is 9.26. The van der Waals surface area contributed by atoms with Crippen LogP contribution in [-0.2, 0) is 6.18 Å². The number of nitrogen functional groups attached to an aromatic ring is 1. The van der Waals surface area contributed by atoms with Crippen molar-refractivity contribution in [2.75, 3.05) is 42.1 Å². The zero-order valence-corrected chi connectivity index (χ0v) is 20.1. The highest BCUT2D eigenvalue weighted by Crippen LogP contribution is 2.34. The number of hydrogen-bond donors (Lipinski definition) is 2. The van der Waals surface area contributed by atoms with Gasteiger partial charge in [-0.1, -0.05) is 6.42 Å². The topological polar surface area (TPSA) is 83.2 Å². The van der Waals surface area contributed by atoms with E-state index in [0.29, 0.717) is 22.3 Å². The molecule has 1 saturated carbocycles. The number of hydrogen-bond acceptors (Lipinski definition) is 7. The SMILES string of the molecule is C[C@@H](Nc1nc(Cl)nc2cnc(N3CCN(C4CCC4)CC3)cc12)c1cc(N)cc(C(F)(F)F)c1. The fourth-order valence-corrected chi connectivity index (χ4v) is 4.90. The fraction of sp³-hybridized carbons (Fsp3) is 0.458. The van der Waals surface area contributed by atoms with Crippen LogP contribution in [0, 0.1) is 0 Å². The molecule has 1 aromatic carbocycles. The summed E-state index contributed by atoms with van der Waals surface area (Å²) in [4.78, 5) is 18.0. The third-order valence-electron chi connectivity index (χ3n) is 6.93. The van der Waals surface area contributed by atoms with Crippen molar-refractivity contribution in [1.29, 1.82) is 0 Å². The molecule has 3 aromatic rings. The second-order valence-corrected chi connectivity index (χ2v) is 9.60. The molecule has 2 fully saturated rings. The van der Waals surface area contributed by atoms with Crippen LogP contribution in [0.15, 0.2) is 30.5 Å². The van der Waals surface area contributed by atoms with Crippen LogP contribution >= 0.6 is 11.6 Å². The minimum Gasteiger partial charge on any atom is -0.399 e. The molecule has 1 aliphatic carbocycles. The van der Waals surface area contributed by atoms with E-state index >= 15 is 0 Å². The average Bonchev–Trinajstić information content (AvgIpc) is 2.77. The number of benzene rings is 1. The molecule has 3 N–H and O–H groups in total. The van der Waals surface area contributed by atoms with Crippen LogP contribution in [0.3, 0.4) is 0 Å². The van der Waals surface area contributed by atoms with Gasteiger partial charge in [0.1, 0.15) is 11.6 Å². The van der Waals surface area contributed by atoms with Crippen LogP contribution in [0.4, 0.5) is 30.5 Å². The number of alkyl halides is 3. The Morgan fingerprint density at radius 2 is 1.83 bits per heavy atom. The number of rotatable bonds is 5. The summed E-state index contributed by atoms with van der Waals surface area (Å²) in [6.45, 7) is 5.51. The molecule has 5 rings (SSSR count). The predicted octanol–water partition coefficient (Wildman–Crippen LogP) is 5.13. The standard InChI is InChI=1S/C24H27ClF3N7/c1-14(15-9-16(24(26,27)28)11-17(29)10-15)31-22-19-12-21(30-13-20(19)32-23(25)33-22)35-7-5-34(6-8-35)18-3-2-4-18/h9-14,18H,2-8,29H2,1H3,(H,31,32,33)/t14-/m1/s1. The molecule has 35 heavy (non-hydrogen) atoms. The van der Waals surface area contributed by atoms with Crippen LogP contribution in [0.1, 0.15) is 43.4 Å². The fourth-order valence-electron chi connectivity index (χ4n) is 4.72. The number of nitrogens with zero attached hydrogens (tertiary/aromatic N) is 5. The van der Waals surface area contributed by atoms with Crippen molar-refractivity contribution in [2.24, 2.45) is 0 Å². The summed E-state index contributed by atoms with van der Waals surface area (Å²) < 4.78 is 39.9. The van der Waals surface area contributed by atoms with Gasteiger partial charge in [0.15, 0.2) is 0 Å². The smallest absolute Gasteiger partial charge is 0.399 e. The summed E-state index contributed by atoms with van der Waals surface area (Å²) in [7, 11) is 0. The highest BCUT2D eigenvalue weighted by Gasteiger charge is 2.32. The van der Waals surface area contributed by atoms with E-state index in [0.717, 1.165) is 50.2 Å². The summed E-state index contributed by atoms with van der Waals surface area (Å²) in [6.07, 6.45) is 1.07. The van der Waals surface area contributed by atoms with Crippen LogP contribution in [0.25, 0.3) is 10.9 Å². The third kappa shape index (κ3) is 5.08. The van der Waals surface area contributed by atoms with Crippen molar-refractivity contribution >= 4 is 39.8 Å². The van der Waals surface area contributed by atoms with Crippen molar-refractivity contribution in [3.8, 4) is 0 Å². The first-order valence-corrected chi connectivity index (χ1v) is 12.1. The molecular weight excluding hydrogens is 479 g/mol. The summed E-state index contributed by atoms with van der Waals surface area (Å²) in [6, 6.07) is 5.66. The molecule has 2 aliphatic rings. The van der Waals surface area contributed by atoms with Crippen LogP contribution < -0.4 is 16.0 Å². The normalized spacial score (nSPS) is 18.5. The molecule has 11 heteroatoms. The first-order valence-electron chi connectivity index (χ1n) is 11.7. The van der Waals surface area contributed by atoms with Gasteiger partial charge in [0.2, 0.25) is 5.28 Å². The Morgan fingerprint density at radius 1 is 1.09 bits per heavy atom. The molecule has 1 atom stereocenters. The Labute approximate surface area is 206 Å². The molecule has 0 amide bonds. The van der Waals surface area contributed by atoms with Crippen LogP contribution in [0.2, 0.25) is 5.28 Å². The van der Waals surface area contributed by atoms with Gasteiger partial charge < -0.3 is 16.0 Å². The summed E-state index contributed by atoms with van der Waals surface area (Å²) in [5, 5.41) is 3.93. The van der Waals surface area contributed by atoms with E-state index in [1.165, 1.54) is 25.3 Å². The molecule has 7 nitrogen and oxygen atoms in total. The maximum atomic E-state index is 13.3. The third-order valence-corrected chi connectivity index (χ3v) is 7.10. The molecular formula is C24H27ClF3N7. The molecule has 0 radical (unpaired) electrons. The lowest BCUT2D eigenvalue weighted by Gasteiger charge is -2.43. The minimum atomic E-state index is -4.49. The van der Waals surface area contributed by atoms with Crippen molar-refractivity contribution in [3.05, 3.63) is 46.9 Å². The van der Waals surface area contributed by atoms with E-state index < -0.39 is 17.8 Å². The Bertz CT molecular complexity index is 1220. The van der Waals surface area contributed by atoms with Crippen LogP contribution in [-0.4, -0.2) is 52.1 Å². The number of anilines is 3. The largest absolute Gasteiger partial charge is 0.416 e. The zero-order valence-electron chi connectivity index (χ0n) is 19.3. The molecule has 1 aliphatic heterocycles. The van der Waals surface area contributed by atoms with E-state index in [-0.39, 0.29) is 11.0 Å². The van der Waals surface area contributed by atoms with E-state index in [9.17, 15) is 13.2 Å². The highest BCUT2D eigenvalue weighted by molar-refractivity contribution is 6.28. The molecule has 186 valence electrons. The van der Waals surface area contributed by atoms with E-state index in [2.05, 4.69) is 30.1 Å². The molecule has 3 heterocycles. The lowest BCUT2D eigenvalue weighted by Crippen LogP contribution is -2.52. The molecule has 1 saturated heterocycles. The van der Waals surface area contributed by atoms with Crippen molar-refractivity contribution in [1.82, 2.24) is 19.9 Å². The van der Waals surface area contributed by atoms with Gasteiger partial charge in [-0.05, 0) is 61.2 Å². The average molecular weight is 506 g/mol. The van der Waals surface area contributed by atoms with Gasteiger partial charge in [-0.2, -0.15) is 13.2 Å². The number of nitrogens with two attached hydrogens (primary N) is 1. The maximum Gasteiger partial charge on any atom is 0.416 e. The Kier molecular flexibility index (Phi) is 6.35. The minimum absolute atomic E-state index is 0.0272. The lowest BCUT2D eigenvalue weighted by molar-refractivity contribution is -0.137. The van der Waals surface area contributed by atoms with Crippen molar-refractivity contribution in [3.63, 3.8) is 0 Å². The number of aromatic nitrogens is 3. The number of fused-ring (bicyclic) bond motifs is 1. The predicted molar refractivity (Wildman–Crippen MR) is 132 cm³/mol. The van der Waals surface area contributed by atoms with Gasteiger partial charge in [0.05, 0.1) is 23.3 Å². The van der Waals surface area contributed by atoms with Gasteiger partial charge in [-0.3, -0.25) is 4.90 Å². The van der Waals surface area contributed by atoms with Gasteiger partial charge in [0, 0.05) is 43.3 Å². The number of halogens is 4. The lowest BCUT2D eigenvalue weighted by atomic mass is 9.91. The maximum absolute atomic E-state index is 13.3. The zero-order chi connectivity index (χ0) is 24.7. The van der Waals surface area contributed by atoms with Crippen molar-refractivity contribution in [2.45, 2.75) is 44.4 Å². The Balaban J connectivity index is 1.40. The first-order chi connectivity index (χ1) is 16.7. The monoisotopic (exact) mass is 505 g/mol. The van der Waals surface area contributed by atoms with Gasteiger partial charge in [-0.15, -0.1) is 0 Å². The quantitative estimate of drug-likeness (QED) is 0.367. The van der Waals surface area contributed by atoms with E-state index in [1.807, 2.05) is 6.07 Å². The number of piperazine rings is 1. The Morgan fingerprint density at radius 3 is 2.49 bits per heavy atom. The molecule has 0 bridgehead atoms. The van der Waals surface area contributed by atoms with Gasteiger partial charge in [-0.25, -0.2) is 15.0 Å². The summed E-state index contributed by atoms with van der Waals surface area (Å²) in [5.74, 6) is 1.25. The van der Waals surface area contributed by atoms with E-state index in [4.69, 9.17) is 17.3 Å². The van der Waals surface area contributed by atoms with E-state index in [1.54, 1.807) is 13.1 Å². The first kappa shape index (κ1) is 23.9. The molecule has 0 spiro atoms. The highest BCUT2D eigenvalue weighted by atomic mass is 35.5.